The molecule has 0 saturated carbocycles. The van der Waals surface area contributed by atoms with Gasteiger partial charge < -0.3 is 5.11 Å². The Morgan fingerprint density at radius 3 is 2.60 bits per heavy atom. The molecule has 1 heterocycles. The van der Waals surface area contributed by atoms with Gasteiger partial charge in [-0.05, 0) is 24.5 Å². The van der Waals surface area contributed by atoms with Crippen LogP contribution in [0.4, 0.5) is 0 Å². The standard InChI is InChI=1S/C13H21NO/c1-4-10(2)9-13(15)11(3)12-7-5-6-8-14-12/h5-8,10-11,13,15H,4,9H2,1-3H3. The van der Waals surface area contributed by atoms with Gasteiger partial charge in [-0.15, -0.1) is 0 Å². The van der Waals surface area contributed by atoms with Crippen molar-refractivity contribution in [1.29, 1.82) is 0 Å². The van der Waals surface area contributed by atoms with Crippen molar-refractivity contribution in [2.45, 2.75) is 45.6 Å². The molecule has 3 atom stereocenters. The molecule has 0 spiro atoms. The largest absolute Gasteiger partial charge is 0.392 e. The quantitative estimate of drug-likeness (QED) is 0.805. The highest BCUT2D eigenvalue weighted by Gasteiger charge is 2.18. The Balaban J connectivity index is 2.57. The van der Waals surface area contributed by atoms with Gasteiger partial charge >= 0.3 is 0 Å². The Hall–Kier alpha value is -0.890. The predicted molar refractivity (Wildman–Crippen MR) is 62.7 cm³/mol. The van der Waals surface area contributed by atoms with E-state index < -0.39 is 0 Å². The van der Waals surface area contributed by atoms with Gasteiger partial charge in [-0.1, -0.05) is 33.3 Å². The Labute approximate surface area is 92.4 Å². The molecule has 0 amide bonds. The Morgan fingerprint density at radius 2 is 2.07 bits per heavy atom. The molecule has 0 aliphatic heterocycles. The molecule has 0 bridgehead atoms. The van der Waals surface area contributed by atoms with E-state index in [2.05, 4.69) is 18.8 Å². The highest BCUT2D eigenvalue weighted by Crippen LogP contribution is 2.22. The summed E-state index contributed by atoms with van der Waals surface area (Å²) in [7, 11) is 0. The summed E-state index contributed by atoms with van der Waals surface area (Å²) in [4.78, 5) is 4.27. The van der Waals surface area contributed by atoms with E-state index in [1.165, 1.54) is 0 Å². The van der Waals surface area contributed by atoms with Crippen LogP contribution in [0.15, 0.2) is 24.4 Å². The van der Waals surface area contributed by atoms with E-state index in [1.54, 1.807) is 6.20 Å². The first-order chi connectivity index (χ1) is 7.15. The van der Waals surface area contributed by atoms with Crippen LogP contribution in [0, 0.1) is 5.92 Å². The second kappa shape index (κ2) is 5.86. The van der Waals surface area contributed by atoms with E-state index in [0.29, 0.717) is 5.92 Å². The Kier molecular flexibility index (Phi) is 4.76. The number of aliphatic hydroxyl groups is 1. The number of hydrogen-bond acceptors (Lipinski definition) is 2. The van der Waals surface area contributed by atoms with Crippen molar-refractivity contribution >= 4 is 0 Å². The van der Waals surface area contributed by atoms with Crippen LogP contribution in [-0.4, -0.2) is 16.2 Å². The molecule has 84 valence electrons. The van der Waals surface area contributed by atoms with Crippen LogP contribution < -0.4 is 0 Å². The summed E-state index contributed by atoms with van der Waals surface area (Å²) in [6.45, 7) is 6.37. The minimum atomic E-state index is -0.283. The maximum Gasteiger partial charge on any atom is 0.0623 e. The highest BCUT2D eigenvalue weighted by atomic mass is 16.3. The molecule has 2 heteroatoms. The van der Waals surface area contributed by atoms with Gasteiger partial charge in [-0.25, -0.2) is 0 Å². The molecule has 0 aromatic carbocycles. The van der Waals surface area contributed by atoms with Crippen LogP contribution in [0.5, 0.6) is 0 Å². The van der Waals surface area contributed by atoms with E-state index >= 15 is 0 Å². The second-order valence-electron chi connectivity index (χ2n) is 4.36. The average molecular weight is 207 g/mol. The first-order valence-electron chi connectivity index (χ1n) is 5.74. The van der Waals surface area contributed by atoms with Gasteiger partial charge in [0.1, 0.15) is 0 Å². The van der Waals surface area contributed by atoms with Crippen molar-refractivity contribution < 1.29 is 5.11 Å². The minimum absolute atomic E-state index is 0.125. The van der Waals surface area contributed by atoms with Gasteiger partial charge in [0.05, 0.1) is 6.10 Å². The van der Waals surface area contributed by atoms with Gasteiger partial charge in [-0.3, -0.25) is 4.98 Å². The van der Waals surface area contributed by atoms with Crippen molar-refractivity contribution in [3.8, 4) is 0 Å². The topological polar surface area (TPSA) is 33.1 Å². The number of pyridine rings is 1. The molecule has 1 rings (SSSR count). The fraction of sp³-hybridized carbons (Fsp3) is 0.615. The summed E-state index contributed by atoms with van der Waals surface area (Å²) in [5, 5.41) is 10.0. The van der Waals surface area contributed by atoms with E-state index in [1.807, 2.05) is 25.1 Å². The Bertz CT molecular complexity index is 273. The summed E-state index contributed by atoms with van der Waals surface area (Å²) in [6.07, 6.45) is 3.47. The third-order valence-corrected chi connectivity index (χ3v) is 3.07. The van der Waals surface area contributed by atoms with E-state index in [0.717, 1.165) is 18.5 Å². The lowest BCUT2D eigenvalue weighted by molar-refractivity contribution is 0.120. The minimum Gasteiger partial charge on any atom is -0.392 e. The van der Waals surface area contributed by atoms with Crippen molar-refractivity contribution in [2.75, 3.05) is 0 Å². The second-order valence-corrected chi connectivity index (χ2v) is 4.36. The normalized spacial score (nSPS) is 17.1. The summed E-state index contributed by atoms with van der Waals surface area (Å²) < 4.78 is 0. The Morgan fingerprint density at radius 1 is 1.33 bits per heavy atom. The van der Waals surface area contributed by atoms with Crippen molar-refractivity contribution in [2.24, 2.45) is 5.92 Å². The molecule has 0 aliphatic rings. The number of aliphatic hydroxyl groups excluding tert-OH is 1. The molecule has 1 aromatic heterocycles. The first-order valence-corrected chi connectivity index (χ1v) is 5.74. The molecule has 0 aliphatic carbocycles. The SMILES string of the molecule is CCC(C)CC(O)C(C)c1ccccn1. The summed E-state index contributed by atoms with van der Waals surface area (Å²) in [5.41, 5.74) is 0.980. The monoisotopic (exact) mass is 207 g/mol. The van der Waals surface area contributed by atoms with Crippen molar-refractivity contribution in [3.05, 3.63) is 30.1 Å². The zero-order valence-electron chi connectivity index (χ0n) is 9.85. The number of aromatic nitrogens is 1. The van der Waals surface area contributed by atoms with Gasteiger partial charge in [0.25, 0.3) is 0 Å². The van der Waals surface area contributed by atoms with E-state index in [-0.39, 0.29) is 12.0 Å². The van der Waals surface area contributed by atoms with Gasteiger partial charge in [0.15, 0.2) is 0 Å². The van der Waals surface area contributed by atoms with Gasteiger partial charge in [-0.2, -0.15) is 0 Å². The average Bonchev–Trinajstić information content (AvgIpc) is 2.29. The number of hydrogen-bond donors (Lipinski definition) is 1. The third-order valence-electron chi connectivity index (χ3n) is 3.07. The molecule has 0 radical (unpaired) electrons. The molecule has 1 N–H and O–H groups in total. The fourth-order valence-corrected chi connectivity index (χ4v) is 1.63. The third kappa shape index (κ3) is 3.63. The number of nitrogens with zero attached hydrogens (tertiary/aromatic N) is 1. The lowest BCUT2D eigenvalue weighted by Crippen LogP contribution is -2.19. The predicted octanol–water partition coefficient (Wildman–Crippen LogP) is 2.98. The maximum atomic E-state index is 10.0. The molecular weight excluding hydrogens is 186 g/mol. The van der Waals surface area contributed by atoms with Gasteiger partial charge in [0, 0.05) is 17.8 Å². The molecule has 15 heavy (non-hydrogen) atoms. The molecular formula is C13H21NO. The lowest BCUT2D eigenvalue weighted by atomic mass is 9.91. The fourth-order valence-electron chi connectivity index (χ4n) is 1.63. The maximum absolute atomic E-state index is 10.0. The van der Waals surface area contributed by atoms with Crippen molar-refractivity contribution in [1.82, 2.24) is 4.98 Å². The first kappa shape index (κ1) is 12.2. The van der Waals surface area contributed by atoms with Crippen LogP contribution >= 0.6 is 0 Å². The van der Waals surface area contributed by atoms with E-state index in [4.69, 9.17) is 0 Å². The van der Waals surface area contributed by atoms with Crippen LogP contribution in [0.3, 0.4) is 0 Å². The van der Waals surface area contributed by atoms with Crippen molar-refractivity contribution in [3.63, 3.8) is 0 Å². The summed E-state index contributed by atoms with van der Waals surface area (Å²) in [6, 6.07) is 5.84. The highest BCUT2D eigenvalue weighted by molar-refractivity contribution is 5.09. The summed E-state index contributed by atoms with van der Waals surface area (Å²) >= 11 is 0. The van der Waals surface area contributed by atoms with Crippen LogP contribution in [0.2, 0.25) is 0 Å². The van der Waals surface area contributed by atoms with Crippen LogP contribution in [-0.2, 0) is 0 Å². The van der Waals surface area contributed by atoms with E-state index in [9.17, 15) is 5.11 Å². The molecule has 0 fully saturated rings. The number of rotatable bonds is 5. The van der Waals surface area contributed by atoms with Gasteiger partial charge in [0.2, 0.25) is 0 Å². The molecule has 0 saturated heterocycles. The van der Waals surface area contributed by atoms with Crippen LogP contribution in [0.25, 0.3) is 0 Å². The zero-order valence-corrected chi connectivity index (χ0v) is 9.85. The molecule has 2 nitrogen and oxygen atoms in total. The molecule has 1 aromatic rings. The zero-order chi connectivity index (χ0) is 11.3. The summed E-state index contributed by atoms with van der Waals surface area (Å²) in [5.74, 6) is 0.700. The smallest absolute Gasteiger partial charge is 0.0623 e. The molecule has 3 unspecified atom stereocenters. The van der Waals surface area contributed by atoms with Crippen LogP contribution in [0.1, 0.15) is 45.2 Å². The lowest BCUT2D eigenvalue weighted by Gasteiger charge is -2.21.